The summed E-state index contributed by atoms with van der Waals surface area (Å²) in [5, 5.41) is 10.9. The predicted octanol–water partition coefficient (Wildman–Crippen LogP) is 1.27. The largest absolute Gasteiger partial charge is 0.480 e. The minimum Gasteiger partial charge on any atom is -0.480 e. The number of piperidine rings is 1. The van der Waals surface area contributed by atoms with Crippen LogP contribution in [-0.2, 0) is 14.4 Å². The molecule has 0 saturated carbocycles. The molecule has 0 bridgehead atoms. The van der Waals surface area contributed by atoms with Crippen molar-refractivity contribution in [3.8, 4) is 0 Å². The summed E-state index contributed by atoms with van der Waals surface area (Å²) in [7, 11) is 0. The van der Waals surface area contributed by atoms with E-state index in [2.05, 4.69) is 11.7 Å². The van der Waals surface area contributed by atoms with Crippen molar-refractivity contribution >= 4 is 36.3 Å². The maximum Gasteiger partial charge on any atom is 0.327 e. The average molecular weight is 284 g/mol. The molecule has 1 N–H and O–H groups in total. The third-order valence-electron chi connectivity index (χ3n) is 2.77. The molecule has 19 heavy (non-hydrogen) atoms. The third kappa shape index (κ3) is 3.92. The third-order valence-corrected chi connectivity index (χ3v) is 3.28. The van der Waals surface area contributed by atoms with Gasteiger partial charge in [0.15, 0.2) is 0 Å². The summed E-state index contributed by atoms with van der Waals surface area (Å²) in [4.78, 5) is 39.4. The summed E-state index contributed by atoms with van der Waals surface area (Å²) in [6, 6.07) is -1.20. The fraction of sp³-hybridized carbons (Fsp3) is 0.500. The Morgan fingerprint density at radius 1 is 1.53 bits per heavy atom. The number of aliphatic carboxylic acids is 1. The number of carboxylic acids is 1. The molecule has 0 radical (unpaired) electrons. The number of aliphatic imine (C=N–C) groups is 1. The van der Waals surface area contributed by atoms with E-state index < -0.39 is 23.8 Å². The number of likely N-dealkylation sites (tertiary alicyclic amines) is 1. The quantitative estimate of drug-likeness (QED) is 0.586. The molecule has 1 aliphatic heterocycles. The van der Waals surface area contributed by atoms with Gasteiger partial charge in [-0.2, -0.15) is 0 Å². The molecule has 0 aromatic rings. The molecule has 0 aliphatic carbocycles. The second-order valence-electron chi connectivity index (χ2n) is 4.07. The van der Waals surface area contributed by atoms with Gasteiger partial charge in [-0.05, 0) is 24.8 Å². The first-order chi connectivity index (χ1) is 9.01. The number of carbonyl (C=O) groups is 3. The highest BCUT2D eigenvalue weighted by atomic mass is 32.2. The molecule has 1 saturated heterocycles. The maximum atomic E-state index is 11.7. The number of carboxylic acid groups (broad SMARTS) is 1. The monoisotopic (exact) mass is 284 g/mol. The summed E-state index contributed by atoms with van der Waals surface area (Å²) in [5.74, 6) is -2.08. The van der Waals surface area contributed by atoms with Crippen LogP contribution in [0.25, 0.3) is 0 Å². The van der Waals surface area contributed by atoms with Crippen molar-refractivity contribution in [3.05, 3.63) is 11.1 Å². The van der Waals surface area contributed by atoms with Crippen molar-refractivity contribution in [2.24, 2.45) is 4.99 Å². The molecule has 1 fully saturated rings. The molecule has 1 aliphatic rings. The van der Waals surface area contributed by atoms with E-state index in [0.29, 0.717) is 12.1 Å². The summed E-state index contributed by atoms with van der Waals surface area (Å²) >= 11 is 1.36. The zero-order chi connectivity index (χ0) is 14.4. The van der Waals surface area contributed by atoms with Gasteiger partial charge in [-0.3, -0.25) is 19.5 Å². The van der Waals surface area contributed by atoms with Crippen LogP contribution in [0.5, 0.6) is 0 Å². The first-order valence-corrected chi connectivity index (χ1v) is 7.06. The minimum atomic E-state index is -1.21. The Labute approximate surface area is 115 Å². The lowest BCUT2D eigenvalue weighted by Crippen LogP contribution is -2.50. The van der Waals surface area contributed by atoms with Gasteiger partial charge in [-0.1, -0.05) is 0 Å². The number of nitrogens with zero attached hydrogens (tertiary/aromatic N) is 2. The van der Waals surface area contributed by atoms with Crippen LogP contribution in [0.15, 0.2) is 16.1 Å². The number of amides is 2. The van der Waals surface area contributed by atoms with Crippen molar-refractivity contribution in [2.45, 2.75) is 31.7 Å². The standard InChI is InChI=1S/C12H16N2O4S/c1-13-8(7-19-2)6-9(12(17)18)14-10(15)4-3-5-11(14)16/h7,9H,1,3-6H2,2H3,(H,17,18). The van der Waals surface area contributed by atoms with E-state index in [-0.39, 0.29) is 19.3 Å². The number of hydrogen-bond acceptors (Lipinski definition) is 5. The average Bonchev–Trinajstić information content (AvgIpc) is 2.35. The normalized spacial score (nSPS) is 18.4. The summed E-state index contributed by atoms with van der Waals surface area (Å²) in [5.41, 5.74) is 0.450. The molecule has 7 heteroatoms. The zero-order valence-electron chi connectivity index (χ0n) is 10.7. The van der Waals surface area contributed by atoms with Gasteiger partial charge in [0.25, 0.3) is 0 Å². The Kier molecular flexibility index (Phi) is 5.75. The van der Waals surface area contributed by atoms with E-state index in [1.807, 2.05) is 0 Å². The van der Waals surface area contributed by atoms with Crippen molar-refractivity contribution in [1.82, 2.24) is 4.90 Å². The molecule has 2 amide bonds. The van der Waals surface area contributed by atoms with E-state index in [4.69, 9.17) is 0 Å². The summed E-state index contributed by atoms with van der Waals surface area (Å²) in [6.45, 7) is 3.36. The number of carbonyl (C=O) groups excluding carboxylic acids is 2. The van der Waals surface area contributed by atoms with Crippen molar-refractivity contribution in [2.75, 3.05) is 6.26 Å². The van der Waals surface area contributed by atoms with Gasteiger partial charge in [0.2, 0.25) is 11.8 Å². The molecule has 0 spiro atoms. The molecule has 1 rings (SSSR count). The van der Waals surface area contributed by atoms with Crippen LogP contribution in [0.1, 0.15) is 25.7 Å². The Balaban J connectivity index is 2.96. The van der Waals surface area contributed by atoms with E-state index in [1.54, 1.807) is 11.7 Å². The Bertz CT molecular complexity index is 417. The molecule has 6 nitrogen and oxygen atoms in total. The molecule has 1 atom stereocenters. The van der Waals surface area contributed by atoms with Gasteiger partial charge in [0.1, 0.15) is 6.04 Å². The van der Waals surface area contributed by atoms with Gasteiger partial charge in [0.05, 0.1) is 0 Å². The van der Waals surface area contributed by atoms with E-state index in [9.17, 15) is 19.5 Å². The van der Waals surface area contributed by atoms with Gasteiger partial charge in [-0.25, -0.2) is 4.79 Å². The highest BCUT2D eigenvalue weighted by Gasteiger charge is 2.36. The van der Waals surface area contributed by atoms with E-state index in [0.717, 1.165) is 4.90 Å². The van der Waals surface area contributed by atoms with Crippen molar-refractivity contribution < 1.29 is 19.5 Å². The highest BCUT2D eigenvalue weighted by Crippen LogP contribution is 2.21. The van der Waals surface area contributed by atoms with Crippen LogP contribution < -0.4 is 0 Å². The second kappa shape index (κ2) is 7.08. The van der Waals surface area contributed by atoms with Gasteiger partial charge < -0.3 is 5.11 Å². The highest BCUT2D eigenvalue weighted by molar-refractivity contribution is 8.01. The number of rotatable bonds is 6. The topological polar surface area (TPSA) is 87.0 Å². The second-order valence-corrected chi connectivity index (χ2v) is 4.78. The molecule has 0 aromatic carbocycles. The lowest BCUT2D eigenvalue weighted by atomic mass is 10.0. The van der Waals surface area contributed by atoms with Crippen molar-refractivity contribution in [3.63, 3.8) is 0 Å². The predicted molar refractivity (Wildman–Crippen MR) is 72.9 cm³/mol. The van der Waals surface area contributed by atoms with Crippen LogP contribution in [0, 0.1) is 0 Å². The van der Waals surface area contributed by atoms with Crippen LogP contribution in [0.2, 0.25) is 0 Å². The summed E-state index contributed by atoms with van der Waals surface area (Å²) < 4.78 is 0. The molecule has 0 aromatic heterocycles. The Morgan fingerprint density at radius 3 is 2.53 bits per heavy atom. The minimum absolute atomic E-state index is 0.0167. The molecule has 1 unspecified atom stereocenters. The molecular weight excluding hydrogens is 268 g/mol. The van der Waals surface area contributed by atoms with Crippen LogP contribution in [0.4, 0.5) is 0 Å². The molecule has 1 heterocycles. The van der Waals surface area contributed by atoms with E-state index in [1.165, 1.54) is 11.8 Å². The first kappa shape index (κ1) is 15.4. The van der Waals surface area contributed by atoms with Gasteiger partial charge in [0, 0.05) is 25.0 Å². The van der Waals surface area contributed by atoms with Gasteiger partial charge >= 0.3 is 5.97 Å². The molecule has 104 valence electrons. The first-order valence-electron chi connectivity index (χ1n) is 5.77. The van der Waals surface area contributed by atoms with Gasteiger partial charge in [-0.15, -0.1) is 11.8 Å². The maximum absolute atomic E-state index is 11.7. The number of thioether (sulfide) groups is 1. The SMILES string of the molecule is C=NC(=CSC)CC(C(=O)O)N1C(=O)CCCC1=O. The fourth-order valence-electron chi connectivity index (χ4n) is 1.89. The fourth-order valence-corrected chi connectivity index (χ4v) is 2.33. The lowest BCUT2D eigenvalue weighted by molar-refractivity contribution is -0.160. The van der Waals surface area contributed by atoms with Crippen LogP contribution in [0.3, 0.4) is 0 Å². The van der Waals surface area contributed by atoms with Crippen molar-refractivity contribution in [1.29, 1.82) is 0 Å². The number of imide groups is 1. The smallest absolute Gasteiger partial charge is 0.327 e. The Hall–Kier alpha value is -1.63. The van der Waals surface area contributed by atoms with Crippen LogP contribution >= 0.6 is 11.8 Å². The lowest BCUT2D eigenvalue weighted by Gasteiger charge is -2.30. The zero-order valence-corrected chi connectivity index (χ0v) is 11.5. The summed E-state index contributed by atoms with van der Waals surface area (Å²) in [6.07, 6.45) is 2.68. The van der Waals surface area contributed by atoms with Crippen LogP contribution in [-0.4, -0.2) is 46.8 Å². The molecular formula is C12H16N2O4S. The number of hydrogen-bond donors (Lipinski definition) is 1. The van der Waals surface area contributed by atoms with E-state index >= 15 is 0 Å². The Morgan fingerprint density at radius 2 is 2.11 bits per heavy atom.